The molecule has 1 unspecified atom stereocenters. The van der Waals surface area contributed by atoms with Crippen LogP contribution in [0.5, 0.6) is 0 Å². The molecule has 0 fully saturated rings. The lowest BCUT2D eigenvalue weighted by Crippen LogP contribution is -2.24. The van der Waals surface area contributed by atoms with Crippen molar-refractivity contribution in [3.8, 4) is 0 Å². The molecule has 0 aliphatic heterocycles. The van der Waals surface area contributed by atoms with Gasteiger partial charge in [-0.2, -0.15) is 0 Å². The van der Waals surface area contributed by atoms with Crippen LogP contribution in [0.25, 0.3) is 0 Å². The summed E-state index contributed by atoms with van der Waals surface area (Å²) in [7, 11) is 0. The van der Waals surface area contributed by atoms with Crippen LogP contribution < -0.4 is 5.73 Å². The Kier molecular flexibility index (Phi) is 6.17. The summed E-state index contributed by atoms with van der Waals surface area (Å²) in [6, 6.07) is 6.51. The third-order valence-electron chi connectivity index (χ3n) is 2.27. The summed E-state index contributed by atoms with van der Waals surface area (Å²) in [4.78, 5) is 0. The number of nitrogens with two attached hydrogens (primary N) is 1. The van der Waals surface area contributed by atoms with Crippen LogP contribution in [0.3, 0.4) is 0 Å². The Hall–Kier alpha value is -0.240. The van der Waals surface area contributed by atoms with E-state index in [4.69, 9.17) is 17.3 Å². The molecular weight excluding hydrogens is 217 g/mol. The summed E-state index contributed by atoms with van der Waals surface area (Å²) in [5.74, 6) is 0.521. The molecule has 0 spiro atoms. The molecule has 1 aromatic rings. The average Bonchev–Trinajstić information content (AvgIpc) is 2.11. The zero-order chi connectivity index (χ0) is 9.84. The number of halogens is 2. The molecule has 0 radical (unpaired) electrons. The summed E-state index contributed by atoms with van der Waals surface area (Å²) in [5.41, 5.74) is 9.68. The first-order valence-corrected chi connectivity index (χ1v) is 5.04. The molecule has 0 aliphatic rings. The van der Waals surface area contributed by atoms with Crippen LogP contribution in [0.4, 0.5) is 0 Å². The number of hydrogen-bond acceptors (Lipinski definition) is 1. The molecule has 3 heteroatoms. The van der Waals surface area contributed by atoms with Gasteiger partial charge in [0.15, 0.2) is 0 Å². The molecule has 1 aromatic carbocycles. The lowest BCUT2D eigenvalue weighted by atomic mass is 10.0. The summed E-state index contributed by atoms with van der Waals surface area (Å²) in [5, 5.41) is 0. The van der Waals surface area contributed by atoms with Crippen LogP contribution in [-0.4, -0.2) is 11.9 Å². The van der Waals surface area contributed by atoms with E-state index >= 15 is 0 Å². The van der Waals surface area contributed by atoms with Crippen LogP contribution in [-0.2, 0) is 6.42 Å². The van der Waals surface area contributed by atoms with Crippen LogP contribution in [0.2, 0.25) is 0 Å². The minimum atomic E-state index is 0. The summed E-state index contributed by atoms with van der Waals surface area (Å²) in [6.45, 7) is 4.23. The smallest absolute Gasteiger partial charge is 0.0378 e. The van der Waals surface area contributed by atoms with E-state index in [0.717, 1.165) is 6.42 Å². The zero-order valence-corrected chi connectivity index (χ0v) is 10.2. The fraction of sp³-hybridized carbons (Fsp3) is 0.455. The number of alkyl halides is 1. The first-order valence-electron chi connectivity index (χ1n) is 4.51. The molecule has 80 valence electrons. The Morgan fingerprint density at radius 1 is 1.29 bits per heavy atom. The highest BCUT2D eigenvalue weighted by Crippen LogP contribution is 2.11. The molecule has 0 heterocycles. The maximum Gasteiger partial charge on any atom is 0.0378 e. The van der Waals surface area contributed by atoms with Crippen LogP contribution in [0.15, 0.2) is 18.2 Å². The van der Waals surface area contributed by atoms with Crippen molar-refractivity contribution in [2.24, 2.45) is 5.73 Å². The predicted octanol–water partition coefficient (Wildman–Crippen LogP) is 2.83. The van der Waals surface area contributed by atoms with Gasteiger partial charge in [-0.15, -0.1) is 24.0 Å². The van der Waals surface area contributed by atoms with E-state index in [0.29, 0.717) is 5.88 Å². The van der Waals surface area contributed by atoms with Gasteiger partial charge in [-0.25, -0.2) is 0 Å². The predicted molar refractivity (Wildman–Crippen MR) is 65.6 cm³/mol. The monoisotopic (exact) mass is 233 g/mol. The van der Waals surface area contributed by atoms with Crippen molar-refractivity contribution in [2.75, 3.05) is 5.88 Å². The molecule has 0 aromatic heterocycles. The van der Waals surface area contributed by atoms with Crippen LogP contribution in [0, 0.1) is 13.8 Å². The molecule has 0 bridgehead atoms. The number of rotatable bonds is 3. The molecule has 2 N–H and O–H groups in total. The second kappa shape index (κ2) is 6.28. The van der Waals surface area contributed by atoms with Gasteiger partial charge in [0.05, 0.1) is 0 Å². The summed E-state index contributed by atoms with van der Waals surface area (Å²) >= 11 is 5.65. The second-order valence-electron chi connectivity index (χ2n) is 3.54. The van der Waals surface area contributed by atoms with E-state index in [1.807, 2.05) is 0 Å². The minimum absolute atomic E-state index is 0. The van der Waals surface area contributed by atoms with E-state index in [1.54, 1.807) is 0 Å². The SMILES string of the molecule is Cc1ccc(CC(N)CCl)cc1C.Cl. The first kappa shape index (κ1) is 13.8. The van der Waals surface area contributed by atoms with Gasteiger partial charge in [0, 0.05) is 11.9 Å². The Balaban J connectivity index is 0.00000169. The Morgan fingerprint density at radius 2 is 1.93 bits per heavy atom. The van der Waals surface area contributed by atoms with Gasteiger partial charge < -0.3 is 5.73 Å². The third-order valence-corrected chi connectivity index (χ3v) is 2.66. The van der Waals surface area contributed by atoms with E-state index in [9.17, 15) is 0 Å². The van der Waals surface area contributed by atoms with E-state index in [2.05, 4.69) is 32.0 Å². The maximum absolute atomic E-state index is 5.76. The van der Waals surface area contributed by atoms with Gasteiger partial charge in [0.2, 0.25) is 0 Å². The van der Waals surface area contributed by atoms with Crippen molar-refractivity contribution in [1.82, 2.24) is 0 Å². The summed E-state index contributed by atoms with van der Waals surface area (Å²) < 4.78 is 0. The lowest BCUT2D eigenvalue weighted by molar-refractivity contribution is 0.744. The lowest BCUT2D eigenvalue weighted by Gasteiger charge is -2.09. The van der Waals surface area contributed by atoms with Gasteiger partial charge >= 0.3 is 0 Å². The van der Waals surface area contributed by atoms with Gasteiger partial charge in [0.1, 0.15) is 0 Å². The molecule has 0 amide bonds. The topological polar surface area (TPSA) is 26.0 Å². The van der Waals surface area contributed by atoms with Crippen LogP contribution in [0.1, 0.15) is 16.7 Å². The van der Waals surface area contributed by atoms with Crippen molar-refractivity contribution in [3.63, 3.8) is 0 Å². The second-order valence-corrected chi connectivity index (χ2v) is 3.85. The van der Waals surface area contributed by atoms with Gasteiger partial charge in [-0.1, -0.05) is 18.2 Å². The molecule has 0 aliphatic carbocycles. The van der Waals surface area contributed by atoms with E-state index in [1.165, 1.54) is 16.7 Å². The highest BCUT2D eigenvalue weighted by atomic mass is 35.5. The quantitative estimate of drug-likeness (QED) is 0.799. The third kappa shape index (κ3) is 3.87. The number of hydrogen-bond donors (Lipinski definition) is 1. The van der Waals surface area contributed by atoms with Crippen molar-refractivity contribution in [1.29, 1.82) is 0 Å². The highest BCUT2D eigenvalue weighted by molar-refractivity contribution is 6.18. The highest BCUT2D eigenvalue weighted by Gasteiger charge is 2.02. The van der Waals surface area contributed by atoms with Crippen molar-refractivity contribution in [2.45, 2.75) is 26.3 Å². The fourth-order valence-electron chi connectivity index (χ4n) is 1.29. The first-order chi connectivity index (χ1) is 6.13. The van der Waals surface area contributed by atoms with Crippen LogP contribution >= 0.6 is 24.0 Å². The largest absolute Gasteiger partial charge is 0.326 e. The van der Waals surface area contributed by atoms with Crippen molar-refractivity contribution in [3.05, 3.63) is 34.9 Å². The Morgan fingerprint density at radius 3 is 2.43 bits per heavy atom. The average molecular weight is 234 g/mol. The minimum Gasteiger partial charge on any atom is -0.326 e. The molecule has 1 nitrogen and oxygen atoms in total. The number of benzene rings is 1. The number of aryl methyl sites for hydroxylation is 2. The standard InChI is InChI=1S/C11H16ClN.ClH/c1-8-3-4-10(5-9(8)2)6-11(13)7-12;/h3-5,11H,6-7,13H2,1-2H3;1H. The summed E-state index contributed by atoms with van der Waals surface area (Å²) in [6.07, 6.45) is 0.866. The maximum atomic E-state index is 5.76. The Labute approximate surface area is 97.1 Å². The normalized spacial score (nSPS) is 12.0. The molecular formula is C11H17Cl2N. The van der Waals surface area contributed by atoms with Gasteiger partial charge in [0.25, 0.3) is 0 Å². The molecule has 14 heavy (non-hydrogen) atoms. The molecule has 0 saturated carbocycles. The zero-order valence-electron chi connectivity index (χ0n) is 8.59. The molecule has 1 atom stereocenters. The van der Waals surface area contributed by atoms with Gasteiger partial charge in [-0.05, 0) is 37.0 Å². The fourth-order valence-corrected chi connectivity index (χ4v) is 1.40. The molecule has 0 saturated heterocycles. The molecule has 1 rings (SSSR count). The Bertz CT molecular complexity index is 287. The van der Waals surface area contributed by atoms with E-state index in [-0.39, 0.29) is 18.4 Å². The van der Waals surface area contributed by atoms with E-state index < -0.39 is 0 Å². The van der Waals surface area contributed by atoms with Crippen molar-refractivity contribution >= 4 is 24.0 Å². The van der Waals surface area contributed by atoms with Crippen molar-refractivity contribution < 1.29 is 0 Å². The van der Waals surface area contributed by atoms with Gasteiger partial charge in [-0.3, -0.25) is 0 Å².